The van der Waals surface area contributed by atoms with Crippen LogP contribution in [0.2, 0.25) is 0 Å². The highest BCUT2D eigenvalue weighted by molar-refractivity contribution is 5.92. The summed E-state index contributed by atoms with van der Waals surface area (Å²) >= 11 is 0. The molecule has 5 nitrogen and oxygen atoms in total. The number of amides is 1. The van der Waals surface area contributed by atoms with Gasteiger partial charge in [-0.1, -0.05) is 41.5 Å². The van der Waals surface area contributed by atoms with Crippen LogP contribution in [0.1, 0.15) is 33.5 Å². The zero-order valence-electron chi connectivity index (χ0n) is 15.5. The molecule has 0 spiro atoms. The highest BCUT2D eigenvalue weighted by atomic mass is 16.5. The van der Waals surface area contributed by atoms with E-state index in [-0.39, 0.29) is 19.1 Å². The second-order valence-corrected chi connectivity index (χ2v) is 6.18. The molecule has 0 aliphatic carbocycles. The van der Waals surface area contributed by atoms with Crippen LogP contribution in [-0.2, 0) is 16.0 Å². The third-order valence-electron chi connectivity index (χ3n) is 3.99. The van der Waals surface area contributed by atoms with Gasteiger partial charge in [-0.25, -0.2) is 4.79 Å². The van der Waals surface area contributed by atoms with E-state index in [1.54, 1.807) is 12.1 Å². The van der Waals surface area contributed by atoms with Gasteiger partial charge >= 0.3 is 5.97 Å². The molecule has 0 radical (unpaired) electrons. The van der Waals surface area contributed by atoms with E-state index in [2.05, 4.69) is 5.32 Å². The molecule has 0 atom stereocenters. The number of benzene rings is 2. The van der Waals surface area contributed by atoms with Gasteiger partial charge in [0.15, 0.2) is 0 Å². The molecule has 2 aromatic rings. The van der Waals surface area contributed by atoms with Crippen LogP contribution in [-0.4, -0.2) is 32.1 Å². The monoisotopic (exact) mass is 355 g/mol. The van der Waals surface area contributed by atoms with Gasteiger partial charge in [-0.2, -0.15) is 0 Å². The molecule has 0 aliphatic rings. The van der Waals surface area contributed by atoms with E-state index < -0.39 is 5.97 Å². The van der Waals surface area contributed by atoms with Crippen LogP contribution < -0.4 is 10.1 Å². The van der Waals surface area contributed by atoms with Crippen LogP contribution in [0.3, 0.4) is 0 Å². The summed E-state index contributed by atoms with van der Waals surface area (Å²) < 4.78 is 10.4. The number of ether oxygens (including phenoxy) is 2. The van der Waals surface area contributed by atoms with Crippen molar-refractivity contribution in [1.29, 1.82) is 0 Å². The van der Waals surface area contributed by atoms with Gasteiger partial charge in [-0.3, -0.25) is 4.79 Å². The van der Waals surface area contributed by atoms with Crippen LogP contribution >= 0.6 is 0 Å². The second-order valence-electron chi connectivity index (χ2n) is 6.18. The Morgan fingerprint density at radius 1 is 1.00 bits per heavy atom. The zero-order chi connectivity index (χ0) is 18.9. The third kappa shape index (κ3) is 5.92. The van der Waals surface area contributed by atoms with E-state index in [4.69, 9.17) is 9.47 Å². The van der Waals surface area contributed by atoms with E-state index in [9.17, 15) is 9.59 Å². The smallest absolute Gasteiger partial charge is 0.341 e. The second kappa shape index (κ2) is 9.61. The Hall–Kier alpha value is -2.82. The summed E-state index contributed by atoms with van der Waals surface area (Å²) in [7, 11) is 1.51. The van der Waals surface area contributed by atoms with E-state index in [1.807, 2.05) is 44.2 Å². The molecule has 0 unspecified atom stereocenters. The van der Waals surface area contributed by atoms with E-state index in [0.29, 0.717) is 24.2 Å². The number of methoxy groups -OCH3 is 1. The van der Waals surface area contributed by atoms with E-state index in [0.717, 1.165) is 11.1 Å². The molecular weight excluding hydrogens is 330 g/mol. The quantitative estimate of drug-likeness (QED) is 0.583. The van der Waals surface area contributed by atoms with Gasteiger partial charge in [0, 0.05) is 6.42 Å². The minimum absolute atomic E-state index is 0.0604. The molecule has 1 N–H and O–H groups in total. The van der Waals surface area contributed by atoms with Crippen LogP contribution in [0.5, 0.6) is 5.75 Å². The molecule has 0 bridgehead atoms. The summed E-state index contributed by atoms with van der Waals surface area (Å²) in [4.78, 5) is 24.0. The number of hydrogen-bond acceptors (Lipinski definition) is 4. The number of esters is 1. The summed E-state index contributed by atoms with van der Waals surface area (Å²) in [5, 5.41) is 2.76. The van der Waals surface area contributed by atoms with Crippen molar-refractivity contribution < 1.29 is 19.1 Å². The van der Waals surface area contributed by atoms with Crippen LogP contribution in [0.4, 0.5) is 0 Å². The molecule has 1 amide bonds. The average Bonchev–Trinajstić information content (AvgIpc) is 2.64. The molecule has 0 aromatic heterocycles. The van der Waals surface area contributed by atoms with Gasteiger partial charge in [0.25, 0.3) is 0 Å². The Morgan fingerprint density at radius 3 is 2.38 bits per heavy atom. The lowest BCUT2D eigenvalue weighted by molar-refractivity contribution is -0.121. The first-order chi connectivity index (χ1) is 12.5. The van der Waals surface area contributed by atoms with Gasteiger partial charge in [0.1, 0.15) is 17.9 Å². The van der Waals surface area contributed by atoms with Crippen LogP contribution in [0.15, 0.2) is 42.5 Å². The van der Waals surface area contributed by atoms with Gasteiger partial charge in [-0.15, -0.1) is 0 Å². The molecule has 138 valence electrons. The standard InChI is InChI=1S/C21H25NO4/c1-15-4-7-17(8-5-15)9-11-20(23)22-12-13-26-21(24)18-14-16(2)6-10-19(18)25-3/h4-8,10,14H,9,11-13H2,1-3H3,(H,22,23). The topological polar surface area (TPSA) is 64.6 Å². The summed E-state index contributed by atoms with van der Waals surface area (Å²) in [6, 6.07) is 13.4. The first kappa shape index (κ1) is 19.5. The first-order valence-corrected chi connectivity index (χ1v) is 8.63. The lowest BCUT2D eigenvalue weighted by Crippen LogP contribution is -2.28. The molecule has 0 aliphatic heterocycles. The fourth-order valence-corrected chi connectivity index (χ4v) is 2.49. The fourth-order valence-electron chi connectivity index (χ4n) is 2.49. The number of carbonyl (C=O) groups excluding carboxylic acids is 2. The van der Waals surface area contributed by atoms with Crippen molar-refractivity contribution in [2.45, 2.75) is 26.7 Å². The summed E-state index contributed by atoms with van der Waals surface area (Å²) in [6.07, 6.45) is 1.09. The highest BCUT2D eigenvalue weighted by Gasteiger charge is 2.14. The number of carbonyl (C=O) groups is 2. The van der Waals surface area contributed by atoms with Crippen molar-refractivity contribution in [2.75, 3.05) is 20.3 Å². The van der Waals surface area contributed by atoms with Crippen molar-refractivity contribution in [2.24, 2.45) is 0 Å². The molecule has 26 heavy (non-hydrogen) atoms. The van der Waals surface area contributed by atoms with Crippen LogP contribution in [0.25, 0.3) is 0 Å². The maximum atomic E-state index is 12.1. The van der Waals surface area contributed by atoms with Crippen molar-refractivity contribution in [3.05, 3.63) is 64.7 Å². The molecule has 0 saturated carbocycles. The number of aryl methyl sites for hydroxylation is 3. The van der Waals surface area contributed by atoms with Crippen molar-refractivity contribution >= 4 is 11.9 Å². The summed E-state index contributed by atoms with van der Waals surface area (Å²) in [5.41, 5.74) is 3.66. The minimum atomic E-state index is -0.459. The Bertz CT molecular complexity index is 753. The van der Waals surface area contributed by atoms with Crippen molar-refractivity contribution in [3.63, 3.8) is 0 Å². The first-order valence-electron chi connectivity index (χ1n) is 8.63. The van der Waals surface area contributed by atoms with E-state index >= 15 is 0 Å². The molecule has 0 fully saturated rings. The van der Waals surface area contributed by atoms with Crippen LogP contribution in [0, 0.1) is 13.8 Å². The summed E-state index contributed by atoms with van der Waals surface area (Å²) in [6.45, 7) is 4.33. The minimum Gasteiger partial charge on any atom is -0.496 e. The molecule has 2 aromatic carbocycles. The van der Waals surface area contributed by atoms with Gasteiger partial charge < -0.3 is 14.8 Å². The Morgan fingerprint density at radius 2 is 1.69 bits per heavy atom. The predicted molar refractivity (Wildman–Crippen MR) is 101 cm³/mol. The Balaban J connectivity index is 1.71. The summed E-state index contributed by atoms with van der Waals surface area (Å²) in [5.74, 6) is -0.0445. The Kier molecular flexibility index (Phi) is 7.21. The van der Waals surface area contributed by atoms with E-state index in [1.165, 1.54) is 12.7 Å². The number of rotatable bonds is 8. The number of hydrogen-bond donors (Lipinski definition) is 1. The molecule has 0 saturated heterocycles. The maximum Gasteiger partial charge on any atom is 0.341 e. The highest BCUT2D eigenvalue weighted by Crippen LogP contribution is 2.20. The normalized spacial score (nSPS) is 10.3. The molecule has 5 heteroatoms. The maximum absolute atomic E-state index is 12.1. The van der Waals surface area contributed by atoms with Crippen molar-refractivity contribution in [3.8, 4) is 5.75 Å². The average molecular weight is 355 g/mol. The predicted octanol–water partition coefficient (Wildman–Crippen LogP) is 3.22. The SMILES string of the molecule is COc1ccc(C)cc1C(=O)OCCNC(=O)CCc1ccc(C)cc1. The van der Waals surface area contributed by atoms with Gasteiger partial charge in [0.05, 0.1) is 13.7 Å². The lowest BCUT2D eigenvalue weighted by atomic mass is 10.1. The third-order valence-corrected chi connectivity index (χ3v) is 3.99. The number of nitrogens with one attached hydrogen (secondary N) is 1. The Labute approximate surface area is 154 Å². The fraction of sp³-hybridized carbons (Fsp3) is 0.333. The lowest BCUT2D eigenvalue weighted by Gasteiger charge is -2.10. The van der Waals surface area contributed by atoms with Gasteiger partial charge in [-0.05, 0) is 38.0 Å². The van der Waals surface area contributed by atoms with Gasteiger partial charge in [0.2, 0.25) is 5.91 Å². The molecular formula is C21H25NO4. The zero-order valence-corrected chi connectivity index (χ0v) is 15.5. The largest absolute Gasteiger partial charge is 0.496 e. The van der Waals surface area contributed by atoms with Crippen molar-refractivity contribution in [1.82, 2.24) is 5.32 Å². The molecule has 2 rings (SSSR count). The molecule has 0 heterocycles.